The molecule has 0 spiro atoms. The molecule has 0 unspecified atom stereocenters. The largest absolute Gasteiger partial charge is 0.461 e. The van der Waals surface area contributed by atoms with Crippen molar-refractivity contribution < 1.29 is 9.21 Å². The second-order valence-corrected chi connectivity index (χ2v) is 5.08. The average molecular weight is 241 g/mol. The van der Waals surface area contributed by atoms with Gasteiger partial charge < -0.3 is 4.42 Å². The maximum atomic E-state index is 10.6. The molecule has 0 aliphatic heterocycles. The number of benzene rings is 1. The summed E-state index contributed by atoms with van der Waals surface area (Å²) < 4.78 is 5.74. The Labute approximate surface area is 106 Å². The standard InChI is InChI=1S/C15H15NO2/c1-10-11(2)18-14-8-12(4-5-13(10)14)15(16-9-17)6-3-7-15/h4-5,8H,3,6-7H2,1-2H3. The van der Waals surface area contributed by atoms with E-state index in [0.29, 0.717) is 0 Å². The number of hydrogen-bond donors (Lipinski definition) is 0. The van der Waals surface area contributed by atoms with Crippen molar-refractivity contribution >= 4 is 17.0 Å². The van der Waals surface area contributed by atoms with Crippen molar-refractivity contribution in [3.63, 3.8) is 0 Å². The van der Waals surface area contributed by atoms with E-state index in [1.807, 2.05) is 13.0 Å². The third-order valence-electron chi connectivity index (χ3n) is 4.15. The number of aliphatic imine (C=N–C) groups is 1. The fraction of sp³-hybridized carbons (Fsp3) is 0.400. The maximum Gasteiger partial charge on any atom is 0.235 e. The average Bonchev–Trinajstić information content (AvgIpc) is 2.59. The highest BCUT2D eigenvalue weighted by Gasteiger charge is 2.39. The van der Waals surface area contributed by atoms with E-state index in [1.54, 1.807) is 6.08 Å². The van der Waals surface area contributed by atoms with Gasteiger partial charge in [0.2, 0.25) is 6.08 Å². The zero-order chi connectivity index (χ0) is 12.8. The van der Waals surface area contributed by atoms with E-state index in [4.69, 9.17) is 4.42 Å². The minimum Gasteiger partial charge on any atom is -0.461 e. The van der Waals surface area contributed by atoms with Gasteiger partial charge in [-0.25, -0.2) is 4.79 Å². The molecule has 2 aromatic rings. The van der Waals surface area contributed by atoms with Crippen LogP contribution in [0.1, 0.15) is 36.1 Å². The summed E-state index contributed by atoms with van der Waals surface area (Å²) in [7, 11) is 0. The molecule has 0 N–H and O–H groups in total. The molecule has 92 valence electrons. The third kappa shape index (κ3) is 1.44. The summed E-state index contributed by atoms with van der Waals surface area (Å²) in [5.41, 5.74) is 2.79. The van der Waals surface area contributed by atoms with Gasteiger partial charge in [0.05, 0.1) is 5.54 Å². The van der Waals surface area contributed by atoms with Crippen molar-refractivity contribution in [2.75, 3.05) is 0 Å². The van der Waals surface area contributed by atoms with E-state index in [0.717, 1.165) is 41.6 Å². The molecule has 1 heterocycles. The first-order valence-electron chi connectivity index (χ1n) is 6.25. The molecule has 3 heteroatoms. The number of isocyanates is 1. The summed E-state index contributed by atoms with van der Waals surface area (Å²) >= 11 is 0. The van der Waals surface area contributed by atoms with Crippen molar-refractivity contribution in [1.82, 2.24) is 0 Å². The van der Waals surface area contributed by atoms with Gasteiger partial charge in [-0.3, -0.25) is 0 Å². The lowest BCUT2D eigenvalue weighted by molar-refractivity contribution is 0.256. The van der Waals surface area contributed by atoms with Gasteiger partial charge in [-0.2, -0.15) is 4.99 Å². The lowest BCUT2D eigenvalue weighted by Gasteiger charge is -2.37. The van der Waals surface area contributed by atoms with E-state index < -0.39 is 0 Å². The molecule has 0 amide bonds. The molecule has 1 saturated carbocycles. The zero-order valence-corrected chi connectivity index (χ0v) is 10.6. The Kier molecular flexibility index (Phi) is 2.39. The summed E-state index contributed by atoms with van der Waals surface area (Å²) in [6.07, 6.45) is 4.67. The van der Waals surface area contributed by atoms with Gasteiger partial charge >= 0.3 is 0 Å². The summed E-state index contributed by atoms with van der Waals surface area (Å²) in [4.78, 5) is 14.6. The quantitative estimate of drug-likeness (QED) is 0.593. The SMILES string of the molecule is Cc1oc2cc(C3(N=C=O)CCC3)ccc2c1C. The van der Waals surface area contributed by atoms with Crippen molar-refractivity contribution in [3.05, 3.63) is 35.1 Å². The fourth-order valence-corrected chi connectivity index (χ4v) is 2.70. The predicted octanol–water partition coefficient (Wildman–Crippen LogP) is 3.76. The molecule has 0 bridgehead atoms. The minimum absolute atomic E-state index is 0.343. The summed E-state index contributed by atoms with van der Waals surface area (Å²) in [5, 5.41) is 1.14. The molecule has 1 fully saturated rings. The number of furan rings is 1. The van der Waals surface area contributed by atoms with Crippen molar-refractivity contribution in [2.24, 2.45) is 4.99 Å². The molecule has 1 aliphatic rings. The Morgan fingerprint density at radius 1 is 1.33 bits per heavy atom. The Balaban J connectivity index is 2.16. The number of aryl methyl sites for hydroxylation is 2. The fourth-order valence-electron chi connectivity index (χ4n) is 2.70. The number of carbonyl (C=O) groups excluding carboxylic acids is 1. The molecule has 3 rings (SSSR count). The van der Waals surface area contributed by atoms with Crippen LogP contribution in [-0.4, -0.2) is 6.08 Å². The van der Waals surface area contributed by atoms with Crippen molar-refractivity contribution in [3.8, 4) is 0 Å². The monoisotopic (exact) mass is 241 g/mol. The minimum atomic E-state index is -0.343. The highest BCUT2D eigenvalue weighted by atomic mass is 16.3. The Morgan fingerprint density at radius 3 is 2.72 bits per heavy atom. The lowest BCUT2D eigenvalue weighted by Crippen LogP contribution is -2.31. The zero-order valence-electron chi connectivity index (χ0n) is 10.6. The van der Waals surface area contributed by atoms with Crippen LogP contribution < -0.4 is 0 Å². The Morgan fingerprint density at radius 2 is 2.11 bits per heavy atom. The van der Waals surface area contributed by atoms with E-state index in [-0.39, 0.29) is 5.54 Å². The predicted molar refractivity (Wildman–Crippen MR) is 69.3 cm³/mol. The maximum absolute atomic E-state index is 10.6. The van der Waals surface area contributed by atoms with Gasteiger partial charge in [-0.05, 0) is 50.3 Å². The summed E-state index contributed by atoms with van der Waals surface area (Å²) in [6, 6.07) is 6.15. The molecule has 0 atom stereocenters. The second-order valence-electron chi connectivity index (χ2n) is 5.08. The highest BCUT2D eigenvalue weighted by Crippen LogP contribution is 2.45. The van der Waals surface area contributed by atoms with Crippen LogP contribution in [0.3, 0.4) is 0 Å². The number of hydrogen-bond acceptors (Lipinski definition) is 3. The Bertz CT molecular complexity index is 658. The number of nitrogens with zero attached hydrogens (tertiary/aromatic N) is 1. The molecule has 18 heavy (non-hydrogen) atoms. The van der Waals surface area contributed by atoms with Gasteiger partial charge in [-0.15, -0.1) is 0 Å². The van der Waals surface area contributed by atoms with Gasteiger partial charge in [0.15, 0.2) is 0 Å². The molecule has 0 radical (unpaired) electrons. The van der Waals surface area contributed by atoms with Crippen LogP contribution in [0.5, 0.6) is 0 Å². The molecule has 0 saturated heterocycles. The molecule has 1 aromatic carbocycles. The normalized spacial score (nSPS) is 17.2. The van der Waals surface area contributed by atoms with Crippen LogP contribution in [0.25, 0.3) is 11.0 Å². The van der Waals surface area contributed by atoms with E-state index in [1.165, 1.54) is 5.56 Å². The first kappa shape index (κ1) is 11.2. The third-order valence-corrected chi connectivity index (χ3v) is 4.15. The van der Waals surface area contributed by atoms with Crippen LogP contribution in [0, 0.1) is 13.8 Å². The van der Waals surface area contributed by atoms with Crippen LogP contribution in [-0.2, 0) is 10.3 Å². The second kappa shape index (κ2) is 3.82. The van der Waals surface area contributed by atoms with Crippen molar-refractivity contribution in [1.29, 1.82) is 0 Å². The van der Waals surface area contributed by atoms with Gasteiger partial charge in [0, 0.05) is 5.39 Å². The van der Waals surface area contributed by atoms with Gasteiger partial charge in [0.1, 0.15) is 11.3 Å². The number of fused-ring (bicyclic) bond motifs is 1. The van der Waals surface area contributed by atoms with E-state index in [9.17, 15) is 4.79 Å². The first-order valence-corrected chi connectivity index (χ1v) is 6.25. The van der Waals surface area contributed by atoms with E-state index in [2.05, 4.69) is 24.0 Å². The molecule has 3 nitrogen and oxygen atoms in total. The smallest absolute Gasteiger partial charge is 0.235 e. The van der Waals surface area contributed by atoms with E-state index >= 15 is 0 Å². The van der Waals surface area contributed by atoms with Gasteiger partial charge in [-0.1, -0.05) is 12.1 Å². The lowest BCUT2D eigenvalue weighted by atomic mass is 9.72. The summed E-state index contributed by atoms with van der Waals surface area (Å²) in [5.74, 6) is 0.948. The highest BCUT2D eigenvalue weighted by molar-refractivity contribution is 5.82. The van der Waals surface area contributed by atoms with Crippen LogP contribution in [0.2, 0.25) is 0 Å². The molecule has 1 aliphatic carbocycles. The topological polar surface area (TPSA) is 42.6 Å². The Hall–Kier alpha value is -1.86. The molecular weight excluding hydrogens is 226 g/mol. The number of rotatable bonds is 2. The van der Waals surface area contributed by atoms with Crippen LogP contribution >= 0.6 is 0 Å². The van der Waals surface area contributed by atoms with Crippen LogP contribution in [0.15, 0.2) is 27.6 Å². The molecular formula is C15H15NO2. The first-order chi connectivity index (χ1) is 8.66. The van der Waals surface area contributed by atoms with Crippen molar-refractivity contribution in [2.45, 2.75) is 38.6 Å². The molecule has 1 aromatic heterocycles. The van der Waals surface area contributed by atoms with Crippen LogP contribution in [0.4, 0.5) is 0 Å². The summed E-state index contributed by atoms with van der Waals surface area (Å²) in [6.45, 7) is 4.03. The van der Waals surface area contributed by atoms with Gasteiger partial charge in [0.25, 0.3) is 0 Å².